The van der Waals surface area contributed by atoms with Crippen LogP contribution < -0.4 is 20.1 Å². The number of rotatable bonds is 5. The average Bonchev–Trinajstić information content (AvgIpc) is 3.37. The SMILES string of the molecule is COc1cc(NC(=O)c2ccco2)c(C(=O)N2CCC3CCC(C2)N3)cc1OC.Cl. The Morgan fingerprint density at radius 3 is 2.57 bits per heavy atom. The number of likely N-dealkylation sites (tertiary alicyclic amines) is 1. The number of methoxy groups -OCH3 is 2. The number of halogens is 1. The van der Waals surface area contributed by atoms with Gasteiger partial charge in [-0.3, -0.25) is 9.59 Å². The quantitative estimate of drug-likeness (QED) is 0.750. The Bertz CT molecular complexity index is 902. The number of amides is 2. The van der Waals surface area contributed by atoms with Gasteiger partial charge in [-0.1, -0.05) is 0 Å². The van der Waals surface area contributed by atoms with Crippen LogP contribution in [-0.4, -0.2) is 56.1 Å². The topological polar surface area (TPSA) is 93.0 Å². The second-order valence-electron chi connectivity index (χ2n) is 7.36. The predicted octanol–water partition coefficient (Wildman–Crippen LogP) is 2.94. The zero-order chi connectivity index (χ0) is 20.4. The summed E-state index contributed by atoms with van der Waals surface area (Å²) in [6.45, 7) is 1.32. The molecule has 2 unspecified atom stereocenters. The molecular weight excluding hydrogens is 410 g/mol. The van der Waals surface area contributed by atoms with Gasteiger partial charge in [-0.15, -0.1) is 12.4 Å². The number of carbonyl (C=O) groups excluding carboxylic acids is 2. The van der Waals surface area contributed by atoms with Gasteiger partial charge in [-0.25, -0.2) is 0 Å². The van der Waals surface area contributed by atoms with E-state index in [1.807, 2.05) is 4.90 Å². The highest BCUT2D eigenvalue weighted by Gasteiger charge is 2.32. The van der Waals surface area contributed by atoms with Crippen molar-refractivity contribution >= 4 is 29.9 Å². The van der Waals surface area contributed by atoms with Gasteiger partial charge >= 0.3 is 0 Å². The third-order valence-corrected chi connectivity index (χ3v) is 5.56. The number of benzene rings is 1. The van der Waals surface area contributed by atoms with Gasteiger partial charge in [0.05, 0.1) is 31.7 Å². The van der Waals surface area contributed by atoms with E-state index in [0.717, 1.165) is 19.3 Å². The first-order valence-electron chi connectivity index (χ1n) is 9.75. The normalized spacial score (nSPS) is 20.1. The van der Waals surface area contributed by atoms with E-state index in [1.54, 1.807) is 24.3 Å². The van der Waals surface area contributed by atoms with Crippen molar-refractivity contribution in [2.45, 2.75) is 31.3 Å². The van der Waals surface area contributed by atoms with Crippen molar-refractivity contribution in [3.05, 3.63) is 41.9 Å². The first-order chi connectivity index (χ1) is 14.1. The molecule has 0 aliphatic carbocycles. The minimum atomic E-state index is -0.437. The van der Waals surface area contributed by atoms with Crippen LogP contribution in [0.3, 0.4) is 0 Å². The van der Waals surface area contributed by atoms with Crippen LogP contribution in [0.15, 0.2) is 34.9 Å². The van der Waals surface area contributed by atoms with Gasteiger partial charge in [0.1, 0.15) is 0 Å². The molecule has 2 atom stereocenters. The van der Waals surface area contributed by atoms with Gasteiger partial charge in [0.25, 0.3) is 11.8 Å². The van der Waals surface area contributed by atoms with E-state index in [-0.39, 0.29) is 24.1 Å². The van der Waals surface area contributed by atoms with E-state index in [0.29, 0.717) is 47.9 Å². The number of carbonyl (C=O) groups is 2. The van der Waals surface area contributed by atoms with Crippen LogP contribution in [0.4, 0.5) is 5.69 Å². The van der Waals surface area contributed by atoms with Gasteiger partial charge in [-0.05, 0) is 37.5 Å². The predicted molar refractivity (Wildman–Crippen MR) is 114 cm³/mol. The summed E-state index contributed by atoms with van der Waals surface area (Å²) in [4.78, 5) is 27.8. The van der Waals surface area contributed by atoms with Crippen LogP contribution in [0.25, 0.3) is 0 Å². The van der Waals surface area contributed by atoms with Crippen molar-refractivity contribution in [3.8, 4) is 11.5 Å². The number of hydrogen-bond acceptors (Lipinski definition) is 6. The van der Waals surface area contributed by atoms with Crippen molar-refractivity contribution in [1.82, 2.24) is 10.2 Å². The summed E-state index contributed by atoms with van der Waals surface area (Å²) in [5, 5.41) is 6.35. The van der Waals surface area contributed by atoms with Crippen LogP contribution in [0.1, 0.15) is 40.2 Å². The first kappa shape index (κ1) is 22.0. The van der Waals surface area contributed by atoms with Crippen LogP contribution in [0.5, 0.6) is 11.5 Å². The van der Waals surface area contributed by atoms with Crippen LogP contribution in [0.2, 0.25) is 0 Å². The Balaban J connectivity index is 0.00000256. The fourth-order valence-electron chi connectivity index (χ4n) is 4.05. The molecule has 2 aliphatic rings. The lowest BCUT2D eigenvalue weighted by molar-refractivity contribution is 0.0748. The lowest BCUT2D eigenvalue weighted by Gasteiger charge is -2.26. The molecule has 162 valence electrons. The second kappa shape index (κ2) is 9.40. The molecular formula is C21H26ClN3O5. The first-order valence-corrected chi connectivity index (χ1v) is 9.75. The Kier molecular flexibility index (Phi) is 6.89. The largest absolute Gasteiger partial charge is 0.493 e. The third kappa shape index (κ3) is 4.39. The Labute approximate surface area is 181 Å². The molecule has 8 nitrogen and oxygen atoms in total. The lowest BCUT2D eigenvalue weighted by atomic mass is 10.1. The molecule has 3 heterocycles. The molecule has 2 saturated heterocycles. The van der Waals surface area contributed by atoms with E-state index in [1.165, 1.54) is 20.5 Å². The molecule has 2 aliphatic heterocycles. The monoisotopic (exact) mass is 435 g/mol. The summed E-state index contributed by atoms with van der Waals surface area (Å²) >= 11 is 0. The summed E-state index contributed by atoms with van der Waals surface area (Å²) in [6.07, 6.45) is 4.58. The molecule has 2 aromatic rings. The summed E-state index contributed by atoms with van der Waals surface area (Å²) in [5.41, 5.74) is 0.719. The number of nitrogens with one attached hydrogen (secondary N) is 2. The molecule has 9 heteroatoms. The highest BCUT2D eigenvalue weighted by molar-refractivity contribution is 6.08. The van der Waals surface area contributed by atoms with Gasteiger partial charge in [0, 0.05) is 31.2 Å². The van der Waals surface area contributed by atoms with E-state index < -0.39 is 5.91 Å². The van der Waals surface area contributed by atoms with Gasteiger partial charge < -0.3 is 29.4 Å². The smallest absolute Gasteiger partial charge is 0.291 e. The molecule has 2 bridgehead atoms. The zero-order valence-corrected chi connectivity index (χ0v) is 17.8. The Hall–Kier alpha value is -2.71. The van der Waals surface area contributed by atoms with Crippen molar-refractivity contribution in [3.63, 3.8) is 0 Å². The van der Waals surface area contributed by atoms with Crippen LogP contribution >= 0.6 is 12.4 Å². The van der Waals surface area contributed by atoms with E-state index in [4.69, 9.17) is 13.9 Å². The van der Waals surface area contributed by atoms with Crippen molar-refractivity contribution < 1.29 is 23.5 Å². The molecule has 2 N–H and O–H groups in total. The molecule has 4 rings (SSSR count). The molecule has 30 heavy (non-hydrogen) atoms. The fourth-order valence-corrected chi connectivity index (χ4v) is 4.05. The maximum Gasteiger partial charge on any atom is 0.291 e. The highest BCUT2D eigenvalue weighted by atomic mass is 35.5. The number of furan rings is 1. The van der Waals surface area contributed by atoms with Crippen molar-refractivity contribution in [2.24, 2.45) is 0 Å². The molecule has 0 saturated carbocycles. The van der Waals surface area contributed by atoms with E-state index >= 15 is 0 Å². The van der Waals surface area contributed by atoms with Crippen LogP contribution in [-0.2, 0) is 0 Å². The molecule has 1 aromatic carbocycles. The number of hydrogen-bond donors (Lipinski definition) is 2. The Morgan fingerprint density at radius 1 is 1.13 bits per heavy atom. The summed E-state index contributed by atoms with van der Waals surface area (Å²) < 4.78 is 15.9. The van der Waals surface area contributed by atoms with Gasteiger partial charge in [-0.2, -0.15) is 0 Å². The molecule has 2 amide bonds. The summed E-state index contributed by atoms with van der Waals surface area (Å²) in [7, 11) is 3.02. The number of nitrogens with zero attached hydrogens (tertiary/aromatic N) is 1. The third-order valence-electron chi connectivity index (χ3n) is 5.56. The van der Waals surface area contributed by atoms with E-state index in [9.17, 15) is 9.59 Å². The number of fused-ring (bicyclic) bond motifs is 2. The minimum Gasteiger partial charge on any atom is -0.493 e. The maximum absolute atomic E-state index is 13.4. The fraction of sp³-hybridized carbons (Fsp3) is 0.429. The molecule has 2 fully saturated rings. The highest BCUT2D eigenvalue weighted by Crippen LogP contribution is 2.35. The second-order valence-corrected chi connectivity index (χ2v) is 7.36. The zero-order valence-electron chi connectivity index (χ0n) is 17.0. The lowest BCUT2D eigenvalue weighted by Crippen LogP contribution is -2.39. The van der Waals surface area contributed by atoms with Crippen molar-refractivity contribution in [1.29, 1.82) is 0 Å². The molecule has 1 aromatic heterocycles. The molecule has 0 spiro atoms. The van der Waals surface area contributed by atoms with Crippen LogP contribution in [0, 0.1) is 0 Å². The average molecular weight is 436 g/mol. The van der Waals surface area contributed by atoms with Crippen molar-refractivity contribution in [2.75, 3.05) is 32.6 Å². The maximum atomic E-state index is 13.4. The number of anilines is 1. The summed E-state index contributed by atoms with van der Waals surface area (Å²) in [5.74, 6) is 0.439. The van der Waals surface area contributed by atoms with Gasteiger partial charge in [0.15, 0.2) is 17.3 Å². The molecule has 0 radical (unpaired) electrons. The van der Waals surface area contributed by atoms with Gasteiger partial charge in [0.2, 0.25) is 0 Å². The number of ether oxygens (including phenoxy) is 2. The summed E-state index contributed by atoms with van der Waals surface area (Å²) in [6, 6.07) is 7.21. The standard InChI is InChI=1S/C21H25N3O5.ClH/c1-27-18-10-15(21(26)24-8-7-13-5-6-14(12-24)22-13)16(11-19(18)28-2)23-20(25)17-4-3-9-29-17;/h3-4,9-11,13-14,22H,5-8,12H2,1-2H3,(H,23,25);1H. The Morgan fingerprint density at radius 2 is 1.87 bits per heavy atom. The van der Waals surface area contributed by atoms with E-state index in [2.05, 4.69) is 10.6 Å². The minimum absolute atomic E-state index is 0.